The third-order valence-corrected chi connectivity index (χ3v) is 3.18. The molecule has 0 aliphatic heterocycles. The molecule has 3 N–H and O–H groups in total. The van der Waals surface area contributed by atoms with Crippen LogP contribution in [-0.4, -0.2) is 33.2 Å². The van der Waals surface area contributed by atoms with E-state index in [0.717, 1.165) is 32.1 Å². The molecule has 0 aliphatic rings. The smallest absolute Gasteiger partial charge is 0.306 e. The van der Waals surface area contributed by atoms with Gasteiger partial charge in [0.15, 0.2) is 0 Å². The van der Waals surface area contributed by atoms with E-state index in [0.29, 0.717) is 12.8 Å². The molecule has 0 spiro atoms. The van der Waals surface area contributed by atoms with Crippen molar-refractivity contribution in [2.75, 3.05) is 0 Å². The van der Waals surface area contributed by atoms with Crippen LogP contribution in [0.5, 0.6) is 0 Å². The largest absolute Gasteiger partial charge is 0.481 e. The van der Waals surface area contributed by atoms with Gasteiger partial charge in [0, 0.05) is 12.8 Å². The first-order chi connectivity index (χ1) is 11.3. The van der Waals surface area contributed by atoms with Gasteiger partial charge >= 0.3 is 17.9 Å². The molecule has 0 aliphatic carbocycles. The Bertz CT molecular complexity index is 299. The van der Waals surface area contributed by atoms with Crippen molar-refractivity contribution in [3.05, 3.63) is 0 Å². The van der Waals surface area contributed by atoms with Crippen molar-refractivity contribution in [2.45, 2.75) is 91.9 Å². The Balaban J connectivity index is -0.000000309. The van der Waals surface area contributed by atoms with Crippen LogP contribution in [0.2, 0.25) is 0 Å². The lowest BCUT2D eigenvalue weighted by Crippen LogP contribution is -2.12. The predicted molar refractivity (Wildman–Crippen MR) is 95.3 cm³/mol. The highest BCUT2D eigenvalue weighted by Crippen LogP contribution is 2.13. The van der Waals surface area contributed by atoms with Crippen LogP contribution in [0.4, 0.5) is 0 Å². The predicted octanol–water partition coefficient (Wildman–Crippen LogP) is 4.81. The normalized spacial score (nSPS) is 10.5. The van der Waals surface area contributed by atoms with Gasteiger partial charge in [-0.15, -0.1) is 0 Å². The Kier molecular flexibility index (Phi) is 24.3. The van der Waals surface area contributed by atoms with E-state index in [1.165, 1.54) is 19.3 Å². The molecule has 6 nitrogen and oxygen atoms in total. The van der Waals surface area contributed by atoms with Crippen molar-refractivity contribution in [1.82, 2.24) is 0 Å². The Hall–Kier alpha value is -1.59. The molecule has 0 saturated heterocycles. The zero-order valence-electron chi connectivity index (χ0n) is 15.7. The molecule has 1 atom stereocenters. The molecule has 0 heterocycles. The fraction of sp³-hybridized carbons (Fsp3) is 0.833. The van der Waals surface area contributed by atoms with Crippen LogP contribution >= 0.6 is 0 Å². The molecule has 24 heavy (non-hydrogen) atoms. The van der Waals surface area contributed by atoms with E-state index in [9.17, 15) is 14.4 Å². The fourth-order valence-corrected chi connectivity index (χ4v) is 1.75. The molecule has 0 fully saturated rings. The molecular weight excluding hydrogens is 312 g/mol. The van der Waals surface area contributed by atoms with Gasteiger partial charge in [-0.25, -0.2) is 0 Å². The van der Waals surface area contributed by atoms with Crippen molar-refractivity contribution in [1.29, 1.82) is 0 Å². The summed E-state index contributed by atoms with van der Waals surface area (Å²) in [6, 6.07) is 0. The third kappa shape index (κ3) is 28.6. The van der Waals surface area contributed by atoms with Gasteiger partial charge in [-0.2, -0.15) is 0 Å². The van der Waals surface area contributed by atoms with Gasteiger partial charge in [-0.3, -0.25) is 14.4 Å². The Morgan fingerprint density at radius 2 is 1.17 bits per heavy atom. The summed E-state index contributed by atoms with van der Waals surface area (Å²) in [6.07, 6.45) is 8.36. The molecule has 6 heteroatoms. The van der Waals surface area contributed by atoms with Crippen LogP contribution in [0.25, 0.3) is 0 Å². The average molecular weight is 348 g/mol. The molecule has 0 aromatic rings. The maximum Gasteiger partial charge on any atom is 0.306 e. The standard InChI is InChI=1S/C10H20O2.2C4H8O2/c1-3-5-6-7-8-9(4-2)10(11)12;2*1-2-3-4(5)6/h9H,3-8H2,1-2H3,(H,11,12);2*2-3H2,1H3,(H,5,6). The highest BCUT2D eigenvalue weighted by molar-refractivity contribution is 5.69. The summed E-state index contributed by atoms with van der Waals surface area (Å²) >= 11 is 0. The first-order valence-corrected chi connectivity index (χ1v) is 8.92. The van der Waals surface area contributed by atoms with E-state index < -0.39 is 17.9 Å². The lowest BCUT2D eigenvalue weighted by molar-refractivity contribution is -0.142. The first kappa shape index (κ1) is 27.3. The van der Waals surface area contributed by atoms with Gasteiger partial charge in [0.05, 0.1) is 5.92 Å². The number of rotatable bonds is 11. The fourth-order valence-electron chi connectivity index (χ4n) is 1.75. The molecule has 0 bridgehead atoms. The zero-order chi connectivity index (χ0) is 19.4. The Labute approximate surface area is 146 Å². The summed E-state index contributed by atoms with van der Waals surface area (Å²) in [5, 5.41) is 24.6. The monoisotopic (exact) mass is 348 g/mol. The second kappa shape index (κ2) is 21.4. The molecule has 0 rings (SSSR count). The van der Waals surface area contributed by atoms with Crippen molar-refractivity contribution >= 4 is 17.9 Å². The third-order valence-electron chi connectivity index (χ3n) is 3.18. The minimum atomic E-state index is -0.711. The van der Waals surface area contributed by atoms with Gasteiger partial charge in [0.25, 0.3) is 0 Å². The molecular formula is C18H36O6. The van der Waals surface area contributed by atoms with E-state index in [4.69, 9.17) is 15.3 Å². The lowest BCUT2D eigenvalue weighted by Gasteiger charge is -2.08. The molecule has 1 unspecified atom stereocenters. The molecule has 0 amide bonds. The number of hydrogen-bond donors (Lipinski definition) is 3. The van der Waals surface area contributed by atoms with Crippen LogP contribution in [0.15, 0.2) is 0 Å². The van der Waals surface area contributed by atoms with Crippen molar-refractivity contribution in [3.8, 4) is 0 Å². The van der Waals surface area contributed by atoms with Gasteiger partial charge in [-0.1, -0.05) is 53.4 Å². The van der Waals surface area contributed by atoms with Gasteiger partial charge in [0.1, 0.15) is 0 Å². The van der Waals surface area contributed by atoms with Crippen LogP contribution < -0.4 is 0 Å². The molecule has 0 radical (unpaired) electrons. The Morgan fingerprint density at radius 3 is 1.38 bits per heavy atom. The summed E-state index contributed by atoms with van der Waals surface area (Å²) in [6.45, 7) is 7.79. The van der Waals surface area contributed by atoms with Crippen molar-refractivity contribution < 1.29 is 29.7 Å². The average Bonchev–Trinajstić information content (AvgIpc) is 2.48. The van der Waals surface area contributed by atoms with Crippen LogP contribution in [0, 0.1) is 5.92 Å². The molecule has 144 valence electrons. The summed E-state index contributed by atoms with van der Waals surface area (Å²) in [5.74, 6) is -2.16. The van der Waals surface area contributed by atoms with Crippen LogP contribution in [-0.2, 0) is 14.4 Å². The maximum absolute atomic E-state index is 10.6. The number of carboxylic acid groups (broad SMARTS) is 3. The zero-order valence-corrected chi connectivity index (χ0v) is 15.7. The van der Waals surface area contributed by atoms with E-state index in [-0.39, 0.29) is 5.92 Å². The number of aliphatic carboxylic acids is 3. The minimum Gasteiger partial charge on any atom is -0.481 e. The summed E-state index contributed by atoms with van der Waals surface area (Å²) in [4.78, 5) is 29.8. The highest BCUT2D eigenvalue weighted by Gasteiger charge is 2.13. The number of unbranched alkanes of at least 4 members (excludes halogenated alkanes) is 3. The van der Waals surface area contributed by atoms with Crippen molar-refractivity contribution in [3.63, 3.8) is 0 Å². The van der Waals surface area contributed by atoms with Gasteiger partial charge in [-0.05, 0) is 25.7 Å². The molecule has 0 aromatic heterocycles. The maximum atomic E-state index is 10.6. The van der Waals surface area contributed by atoms with Gasteiger partial charge < -0.3 is 15.3 Å². The van der Waals surface area contributed by atoms with Gasteiger partial charge in [0.2, 0.25) is 0 Å². The van der Waals surface area contributed by atoms with E-state index >= 15 is 0 Å². The van der Waals surface area contributed by atoms with Crippen LogP contribution in [0.1, 0.15) is 91.9 Å². The summed E-state index contributed by atoms with van der Waals surface area (Å²) in [7, 11) is 0. The second-order valence-corrected chi connectivity index (χ2v) is 5.58. The van der Waals surface area contributed by atoms with E-state index in [1.54, 1.807) is 0 Å². The number of carboxylic acids is 3. The second-order valence-electron chi connectivity index (χ2n) is 5.58. The lowest BCUT2D eigenvalue weighted by atomic mass is 9.99. The topological polar surface area (TPSA) is 112 Å². The quantitative estimate of drug-likeness (QED) is 0.462. The molecule has 0 saturated carbocycles. The minimum absolute atomic E-state index is 0.109. The molecule has 0 aromatic carbocycles. The SMILES string of the molecule is CCCC(=O)O.CCCC(=O)O.CCCCCCC(CC)C(=O)O. The first-order valence-electron chi connectivity index (χ1n) is 8.92. The number of hydrogen-bond acceptors (Lipinski definition) is 3. The van der Waals surface area contributed by atoms with E-state index in [2.05, 4.69) is 6.92 Å². The van der Waals surface area contributed by atoms with E-state index in [1.807, 2.05) is 20.8 Å². The summed E-state index contributed by atoms with van der Waals surface area (Å²) < 4.78 is 0. The Morgan fingerprint density at radius 1 is 0.708 bits per heavy atom. The van der Waals surface area contributed by atoms with Crippen molar-refractivity contribution in [2.24, 2.45) is 5.92 Å². The summed E-state index contributed by atoms with van der Waals surface area (Å²) in [5.41, 5.74) is 0. The van der Waals surface area contributed by atoms with Crippen LogP contribution in [0.3, 0.4) is 0 Å². The number of carbonyl (C=O) groups is 3. The highest BCUT2D eigenvalue weighted by atomic mass is 16.4.